The van der Waals surface area contributed by atoms with E-state index in [0.29, 0.717) is 32.4 Å². The molecule has 3 rings (SSSR count). The monoisotopic (exact) mass is 386 g/mol. The van der Waals surface area contributed by atoms with Crippen LogP contribution in [0.3, 0.4) is 0 Å². The van der Waals surface area contributed by atoms with Crippen LogP contribution in [0.2, 0.25) is 0 Å². The highest BCUT2D eigenvalue weighted by Crippen LogP contribution is 2.26. The Balaban J connectivity index is 1.35. The van der Waals surface area contributed by atoms with E-state index < -0.39 is 12.1 Å². The van der Waals surface area contributed by atoms with Gasteiger partial charge in [-0.2, -0.15) is 5.10 Å². The fourth-order valence-corrected chi connectivity index (χ4v) is 3.36. The zero-order chi connectivity index (χ0) is 19.8. The molecule has 8 heteroatoms. The van der Waals surface area contributed by atoms with E-state index in [0.717, 1.165) is 11.1 Å². The predicted molar refractivity (Wildman–Crippen MR) is 102 cm³/mol. The van der Waals surface area contributed by atoms with E-state index >= 15 is 0 Å². The average molecular weight is 386 g/mol. The molecule has 1 aromatic heterocycles. The Morgan fingerprint density at radius 3 is 2.79 bits per heavy atom. The highest BCUT2D eigenvalue weighted by Gasteiger charge is 2.37. The molecule has 0 radical (unpaired) electrons. The molecule has 0 spiro atoms. The maximum Gasteiger partial charge on any atom is 0.246 e. The molecule has 1 aromatic carbocycles. The van der Waals surface area contributed by atoms with Crippen LogP contribution in [0.4, 0.5) is 0 Å². The van der Waals surface area contributed by atoms with E-state index in [1.54, 1.807) is 12.4 Å². The third kappa shape index (κ3) is 5.90. The topological polar surface area (TPSA) is 116 Å². The Kier molecular flexibility index (Phi) is 7.16. The second-order valence-corrected chi connectivity index (χ2v) is 7.04. The summed E-state index contributed by atoms with van der Waals surface area (Å²) in [5.41, 5.74) is 2.01. The molecule has 1 saturated carbocycles. The molecule has 28 heavy (non-hydrogen) atoms. The first kappa shape index (κ1) is 20.0. The van der Waals surface area contributed by atoms with Crippen molar-refractivity contribution in [3.05, 3.63) is 53.9 Å². The SMILES string of the molecule is O=C(COCc1ccccc1)N[C@@H]1C[C@H](C(=O)NCCc2cn[nH]c2)C[C@H]1O. The van der Waals surface area contributed by atoms with E-state index in [9.17, 15) is 14.7 Å². The summed E-state index contributed by atoms with van der Waals surface area (Å²) in [7, 11) is 0. The molecule has 1 aliphatic carbocycles. The van der Waals surface area contributed by atoms with E-state index in [1.165, 1.54) is 0 Å². The number of amides is 2. The molecule has 2 amide bonds. The van der Waals surface area contributed by atoms with Gasteiger partial charge in [0, 0.05) is 18.7 Å². The number of carbonyl (C=O) groups excluding carboxylic acids is 2. The average Bonchev–Trinajstić information content (AvgIpc) is 3.33. The van der Waals surface area contributed by atoms with Gasteiger partial charge in [-0.25, -0.2) is 0 Å². The molecule has 0 saturated heterocycles. The lowest BCUT2D eigenvalue weighted by Crippen LogP contribution is -2.41. The second-order valence-electron chi connectivity index (χ2n) is 7.04. The van der Waals surface area contributed by atoms with Gasteiger partial charge in [0.25, 0.3) is 0 Å². The molecule has 0 bridgehead atoms. The molecule has 150 valence electrons. The van der Waals surface area contributed by atoms with Crippen LogP contribution in [-0.2, 0) is 27.4 Å². The minimum Gasteiger partial charge on any atom is -0.391 e. The van der Waals surface area contributed by atoms with Crippen molar-refractivity contribution in [2.45, 2.75) is 38.0 Å². The maximum absolute atomic E-state index is 12.3. The van der Waals surface area contributed by atoms with Gasteiger partial charge in [0.2, 0.25) is 11.8 Å². The van der Waals surface area contributed by atoms with Crippen LogP contribution in [0.1, 0.15) is 24.0 Å². The van der Waals surface area contributed by atoms with Gasteiger partial charge in [-0.15, -0.1) is 0 Å². The molecule has 1 aliphatic rings. The summed E-state index contributed by atoms with van der Waals surface area (Å²) in [4.78, 5) is 24.4. The highest BCUT2D eigenvalue weighted by molar-refractivity contribution is 5.80. The van der Waals surface area contributed by atoms with E-state index in [4.69, 9.17) is 4.74 Å². The fourth-order valence-electron chi connectivity index (χ4n) is 3.36. The molecule has 0 unspecified atom stereocenters. The first-order valence-corrected chi connectivity index (χ1v) is 9.46. The largest absolute Gasteiger partial charge is 0.391 e. The fraction of sp³-hybridized carbons (Fsp3) is 0.450. The summed E-state index contributed by atoms with van der Waals surface area (Å²) >= 11 is 0. The number of carbonyl (C=O) groups is 2. The third-order valence-corrected chi connectivity index (χ3v) is 4.86. The highest BCUT2D eigenvalue weighted by atomic mass is 16.5. The zero-order valence-electron chi connectivity index (χ0n) is 15.6. The van der Waals surface area contributed by atoms with Gasteiger partial charge in [-0.3, -0.25) is 14.7 Å². The molecule has 4 N–H and O–H groups in total. The number of aliphatic hydroxyl groups is 1. The molecule has 0 aliphatic heterocycles. The van der Waals surface area contributed by atoms with Crippen LogP contribution >= 0.6 is 0 Å². The van der Waals surface area contributed by atoms with Gasteiger partial charge in [0.15, 0.2) is 0 Å². The molecule has 2 aromatic rings. The van der Waals surface area contributed by atoms with Gasteiger partial charge >= 0.3 is 0 Å². The second kappa shape index (κ2) is 10.0. The van der Waals surface area contributed by atoms with E-state index in [1.807, 2.05) is 30.3 Å². The number of aromatic nitrogens is 2. The number of aliphatic hydroxyl groups excluding tert-OH is 1. The number of hydrogen-bond acceptors (Lipinski definition) is 5. The Bertz CT molecular complexity index is 751. The maximum atomic E-state index is 12.3. The van der Waals surface area contributed by atoms with Crippen LogP contribution in [0.15, 0.2) is 42.7 Å². The van der Waals surface area contributed by atoms with Crippen molar-refractivity contribution in [3.8, 4) is 0 Å². The van der Waals surface area contributed by atoms with Gasteiger partial charge in [0.05, 0.1) is 24.9 Å². The summed E-state index contributed by atoms with van der Waals surface area (Å²) in [5.74, 6) is -0.699. The third-order valence-electron chi connectivity index (χ3n) is 4.86. The van der Waals surface area contributed by atoms with Gasteiger partial charge in [-0.1, -0.05) is 30.3 Å². The molecule has 1 heterocycles. The van der Waals surface area contributed by atoms with Crippen molar-refractivity contribution in [3.63, 3.8) is 0 Å². The van der Waals surface area contributed by atoms with Crippen molar-refractivity contribution < 1.29 is 19.4 Å². The standard InChI is InChI=1S/C20H26N4O4/c25-18-9-16(20(27)21-7-6-15-10-22-23-11-15)8-17(18)24-19(26)13-28-12-14-4-2-1-3-5-14/h1-5,10-11,16-18,25H,6-9,12-13H2,(H,21,27)(H,22,23)(H,24,26)/t16-,17+,18+/m0/s1. The van der Waals surface area contributed by atoms with Crippen LogP contribution < -0.4 is 10.6 Å². The van der Waals surface area contributed by atoms with Crippen LogP contribution in [0.25, 0.3) is 0 Å². The van der Waals surface area contributed by atoms with Crippen LogP contribution in [0, 0.1) is 5.92 Å². The van der Waals surface area contributed by atoms with E-state index in [2.05, 4.69) is 20.8 Å². The number of benzene rings is 1. The lowest BCUT2D eigenvalue weighted by Gasteiger charge is -2.16. The Labute approximate surface area is 163 Å². The number of nitrogens with one attached hydrogen (secondary N) is 3. The lowest BCUT2D eigenvalue weighted by molar-refractivity contribution is -0.128. The van der Waals surface area contributed by atoms with Gasteiger partial charge < -0.3 is 20.5 Å². The minimum atomic E-state index is -0.734. The Hall–Kier alpha value is -2.71. The first-order chi connectivity index (χ1) is 13.6. The molecule has 1 fully saturated rings. The normalized spacial score (nSPS) is 21.4. The number of aromatic amines is 1. The van der Waals surface area contributed by atoms with Crippen molar-refractivity contribution in [1.82, 2.24) is 20.8 Å². The lowest BCUT2D eigenvalue weighted by atomic mass is 10.1. The molecular weight excluding hydrogens is 360 g/mol. The van der Waals surface area contributed by atoms with Crippen molar-refractivity contribution in [2.24, 2.45) is 5.92 Å². The molecular formula is C20H26N4O4. The van der Waals surface area contributed by atoms with Crippen LogP contribution in [0.5, 0.6) is 0 Å². The Morgan fingerprint density at radius 2 is 2.04 bits per heavy atom. The van der Waals surface area contributed by atoms with Crippen molar-refractivity contribution >= 4 is 11.8 Å². The number of H-pyrrole nitrogens is 1. The molecule has 8 nitrogen and oxygen atoms in total. The van der Waals surface area contributed by atoms with Crippen molar-refractivity contribution in [2.75, 3.05) is 13.2 Å². The summed E-state index contributed by atoms with van der Waals surface area (Å²) < 4.78 is 5.41. The number of rotatable bonds is 9. The molecule has 3 atom stereocenters. The Morgan fingerprint density at radius 1 is 1.21 bits per heavy atom. The predicted octanol–water partition coefficient (Wildman–Crippen LogP) is 0.541. The van der Waals surface area contributed by atoms with Crippen LogP contribution in [-0.4, -0.2) is 52.4 Å². The summed E-state index contributed by atoms with van der Waals surface area (Å²) in [5, 5.41) is 22.4. The minimum absolute atomic E-state index is 0.0837. The van der Waals surface area contributed by atoms with Gasteiger partial charge in [0.1, 0.15) is 6.61 Å². The zero-order valence-corrected chi connectivity index (χ0v) is 15.6. The summed E-state index contributed by atoms with van der Waals surface area (Å²) in [6.45, 7) is 0.776. The number of nitrogens with zero attached hydrogens (tertiary/aromatic N) is 1. The summed E-state index contributed by atoms with van der Waals surface area (Å²) in [6.07, 6.45) is 4.23. The van der Waals surface area contributed by atoms with Gasteiger partial charge in [-0.05, 0) is 30.4 Å². The smallest absolute Gasteiger partial charge is 0.246 e. The van der Waals surface area contributed by atoms with E-state index in [-0.39, 0.29) is 24.3 Å². The number of ether oxygens (including phenoxy) is 1. The van der Waals surface area contributed by atoms with Crippen molar-refractivity contribution in [1.29, 1.82) is 0 Å². The number of hydrogen-bond donors (Lipinski definition) is 4. The summed E-state index contributed by atoms with van der Waals surface area (Å²) in [6, 6.07) is 9.16. The quantitative estimate of drug-likeness (QED) is 0.502. The first-order valence-electron chi connectivity index (χ1n) is 9.46.